The summed E-state index contributed by atoms with van der Waals surface area (Å²) in [5.74, 6) is 0.530. The number of fused-ring (bicyclic) bond motifs is 4. The van der Waals surface area contributed by atoms with Gasteiger partial charge in [0.15, 0.2) is 0 Å². The van der Waals surface area contributed by atoms with E-state index in [1.54, 1.807) is 7.11 Å². The van der Waals surface area contributed by atoms with E-state index < -0.39 is 5.60 Å². The van der Waals surface area contributed by atoms with Gasteiger partial charge in [-0.05, 0) is 79.5 Å². The number of H-pyrrole nitrogens is 1. The zero-order valence-electron chi connectivity index (χ0n) is 14.8. The number of hydrogen-bond acceptors (Lipinski definition) is 3. The Morgan fingerprint density at radius 2 is 2.25 bits per heavy atom. The molecule has 2 aliphatic rings. The molecule has 0 saturated heterocycles. The third kappa shape index (κ3) is 2.39. The fraction of sp³-hybridized carbons (Fsp3) is 0.650. The quantitative estimate of drug-likeness (QED) is 0.903. The van der Waals surface area contributed by atoms with E-state index in [4.69, 9.17) is 4.74 Å². The zero-order chi connectivity index (χ0) is 16.8. The summed E-state index contributed by atoms with van der Waals surface area (Å²) >= 11 is 0. The van der Waals surface area contributed by atoms with Crippen LogP contribution >= 0.6 is 0 Å². The van der Waals surface area contributed by atoms with E-state index in [9.17, 15) is 5.11 Å². The lowest BCUT2D eigenvalue weighted by Crippen LogP contribution is -2.49. The average Bonchev–Trinajstić information content (AvgIpc) is 2.96. The summed E-state index contributed by atoms with van der Waals surface area (Å²) < 4.78 is 5.32. The van der Waals surface area contributed by atoms with Gasteiger partial charge < -0.3 is 9.84 Å². The minimum Gasteiger partial charge on any atom is -0.387 e. The van der Waals surface area contributed by atoms with Crippen molar-refractivity contribution in [1.29, 1.82) is 0 Å². The summed E-state index contributed by atoms with van der Waals surface area (Å²) in [7, 11) is 1.69. The third-order valence-electron chi connectivity index (χ3n) is 6.69. The van der Waals surface area contributed by atoms with Gasteiger partial charge in [0, 0.05) is 12.5 Å². The third-order valence-corrected chi connectivity index (χ3v) is 6.69. The molecule has 0 spiro atoms. The zero-order valence-corrected chi connectivity index (χ0v) is 14.8. The molecule has 3 atom stereocenters. The molecular formula is C20H28N2O2. The SMILES string of the molecule is CC[C@]12CC[C@@](O)(COC)C[C@H]1CCCc1cc3[nH]ncc3cc12. The number of methoxy groups -OCH3 is 1. The molecule has 4 nitrogen and oxygen atoms in total. The summed E-state index contributed by atoms with van der Waals surface area (Å²) in [6, 6.07) is 4.68. The molecule has 130 valence electrons. The van der Waals surface area contributed by atoms with Gasteiger partial charge in [0.1, 0.15) is 0 Å². The number of ether oxygens (including phenoxy) is 1. The van der Waals surface area contributed by atoms with Crippen LogP contribution < -0.4 is 0 Å². The predicted molar refractivity (Wildman–Crippen MR) is 95.2 cm³/mol. The van der Waals surface area contributed by atoms with Gasteiger partial charge in [-0.25, -0.2) is 0 Å². The highest BCUT2D eigenvalue weighted by molar-refractivity contribution is 5.80. The van der Waals surface area contributed by atoms with Crippen molar-refractivity contribution in [3.8, 4) is 0 Å². The van der Waals surface area contributed by atoms with Crippen LogP contribution in [-0.4, -0.2) is 34.6 Å². The van der Waals surface area contributed by atoms with Crippen LogP contribution in [0.2, 0.25) is 0 Å². The number of benzene rings is 1. The summed E-state index contributed by atoms with van der Waals surface area (Å²) in [6.07, 6.45) is 9.32. The maximum Gasteiger partial charge on any atom is 0.0883 e. The monoisotopic (exact) mass is 328 g/mol. The van der Waals surface area contributed by atoms with Crippen LogP contribution in [0.1, 0.15) is 56.6 Å². The molecule has 0 amide bonds. The predicted octanol–water partition coefficient (Wildman–Crippen LogP) is 3.72. The van der Waals surface area contributed by atoms with E-state index in [0.29, 0.717) is 12.5 Å². The maximum atomic E-state index is 11.0. The van der Waals surface area contributed by atoms with Crippen LogP contribution in [0.25, 0.3) is 10.9 Å². The number of aromatic nitrogens is 2. The number of aromatic amines is 1. The molecule has 2 N–H and O–H groups in total. The number of hydrogen-bond donors (Lipinski definition) is 2. The van der Waals surface area contributed by atoms with Crippen LogP contribution in [0.4, 0.5) is 0 Å². The maximum absolute atomic E-state index is 11.0. The Morgan fingerprint density at radius 1 is 1.38 bits per heavy atom. The van der Waals surface area contributed by atoms with Crippen molar-refractivity contribution < 1.29 is 9.84 Å². The molecule has 0 aliphatic heterocycles. The van der Waals surface area contributed by atoms with E-state index in [2.05, 4.69) is 29.3 Å². The van der Waals surface area contributed by atoms with Crippen LogP contribution in [0.3, 0.4) is 0 Å². The minimum atomic E-state index is -0.650. The second kappa shape index (κ2) is 5.85. The molecule has 0 radical (unpaired) electrons. The molecule has 1 fully saturated rings. The van der Waals surface area contributed by atoms with Crippen LogP contribution in [0.15, 0.2) is 18.3 Å². The molecule has 2 aromatic rings. The highest BCUT2D eigenvalue weighted by Crippen LogP contribution is 2.54. The van der Waals surface area contributed by atoms with Crippen molar-refractivity contribution in [3.63, 3.8) is 0 Å². The number of rotatable bonds is 3. The Balaban J connectivity index is 1.81. The molecule has 4 heteroatoms. The lowest BCUT2D eigenvalue weighted by atomic mass is 9.57. The van der Waals surface area contributed by atoms with Crippen molar-refractivity contribution in [2.24, 2.45) is 5.92 Å². The van der Waals surface area contributed by atoms with Gasteiger partial charge >= 0.3 is 0 Å². The number of aryl methyl sites for hydroxylation is 1. The molecule has 2 aliphatic carbocycles. The van der Waals surface area contributed by atoms with Crippen LogP contribution in [0, 0.1) is 5.92 Å². The molecule has 0 bridgehead atoms. The molecule has 4 rings (SSSR count). The van der Waals surface area contributed by atoms with E-state index in [1.807, 2.05) is 6.20 Å². The highest BCUT2D eigenvalue weighted by atomic mass is 16.5. The summed E-state index contributed by atoms with van der Waals surface area (Å²) in [5, 5.41) is 19.5. The van der Waals surface area contributed by atoms with E-state index in [0.717, 1.165) is 37.6 Å². The summed E-state index contributed by atoms with van der Waals surface area (Å²) in [4.78, 5) is 0. The lowest BCUT2D eigenvalue weighted by Gasteiger charge is -2.50. The smallest absolute Gasteiger partial charge is 0.0883 e. The molecule has 1 aromatic carbocycles. The summed E-state index contributed by atoms with van der Waals surface area (Å²) in [5.41, 5.74) is 3.68. The van der Waals surface area contributed by atoms with Gasteiger partial charge in [-0.2, -0.15) is 5.10 Å². The standard InChI is InChI=1S/C20H28N2O2/c1-3-20-8-7-19(23,13-24-2)11-16(20)6-4-5-14-10-18-15(9-17(14)20)12-21-22-18/h9-10,12,16,23H,3-8,11,13H2,1-2H3,(H,21,22)/t16-,19+,20+/m1/s1. The van der Waals surface area contributed by atoms with Gasteiger partial charge in [-0.1, -0.05) is 6.92 Å². The second-order valence-electron chi connectivity index (χ2n) is 7.93. The molecule has 24 heavy (non-hydrogen) atoms. The molecule has 1 heterocycles. The fourth-order valence-electron chi connectivity index (χ4n) is 5.45. The molecule has 1 saturated carbocycles. The Morgan fingerprint density at radius 3 is 3.04 bits per heavy atom. The first-order chi connectivity index (χ1) is 11.6. The van der Waals surface area contributed by atoms with Gasteiger partial charge in [-0.3, -0.25) is 5.10 Å². The molecular weight excluding hydrogens is 300 g/mol. The van der Waals surface area contributed by atoms with Crippen molar-refractivity contribution in [2.45, 2.75) is 62.9 Å². The highest BCUT2D eigenvalue weighted by Gasteiger charge is 2.49. The lowest BCUT2D eigenvalue weighted by molar-refractivity contribution is -0.0903. The number of nitrogens with one attached hydrogen (secondary N) is 1. The van der Waals surface area contributed by atoms with Crippen molar-refractivity contribution >= 4 is 10.9 Å². The topological polar surface area (TPSA) is 58.1 Å². The van der Waals surface area contributed by atoms with Crippen molar-refractivity contribution in [2.75, 3.05) is 13.7 Å². The van der Waals surface area contributed by atoms with E-state index >= 15 is 0 Å². The summed E-state index contributed by atoms with van der Waals surface area (Å²) in [6.45, 7) is 2.78. The van der Waals surface area contributed by atoms with Gasteiger partial charge in [0.2, 0.25) is 0 Å². The minimum absolute atomic E-state index is 0.192. The van der Waals surface area contributed by atoms with E-state index in [1.165, 1.54) is 29.4 Å². The van der Waals surface area contributed by atoms with Gasteiger partial charge in [0.05, 0.1) is 23.9 Å². The Kier molecular flexibility index (Phi) is 3.92. The average molecular weight is 328 g/mol. The Labute approximate surface area is 143 Å². The first kappa shape index (κ1) is 16.1. The van der Waals surface area contributed by atoms with Gasteiger partial charge in [-0.15, -0.1) is 0 Å². The first-order valence-electron chi connectivity index (χ1n) is 9.28. The fourth-order valence-corrected chi connectivity index (χ4v) is 5.45. The second-order valence-corrected chi connectivity index (χ2v) is 7.93. The van der Waals surface area contributed by atoms with Crippen LogP contribution in [0.5, 0.6) is 0 Å². The largest absolute Gasteiger partial charge is 0.387 e. The Hall–Kier alpha value is -1.39. The number of nitrogens with zero attached hydrogens (tertiary/aromatic N) is 1. The molecule has 0 unspecified atom stereocenters. The first-order valence-corrected chi connectivity index (χ1v) is 9.28. The van der Waals surface area contributed by atoms with E-state index in [-0.39, 0.29) is 5.41 Å². The molecule has 1 aromatic heterocycles. The normalized spacial score (nSPS) is 33.0. The van der Waals surface area contributed by atoms with Crippen molar-refractivity contribution in [3.05, 3.63) is 29.5 Å². The van der Waals surface area contributed by atoms with Crippen molar-refractivity contribution in [1.82, 2.24) is 10.2 Å². The van der Waals surface area contributed by atoms with Gasteiger partial charge in [0.25, 0.3) is 0 Å². The Bertz CT molecular complexity index is 740. The number of aliphatic hydroxyl groups is 1. The van der Waals surface area contributed by atoms with Crippen LogP contribution in [-0.2, 0) is 16.6 Å².